The van der Waals surface area contributed by atoms with Gasteiger partial charge in [0.05, 0.1) is 11.0 Å². The number of fused-ring (bicyclic) bond motifs is 9. The Bertz CT molecular complexity index is 4060. The largest absolute Gasteiger partial charge is 0.455 e. The van der Waals surface area contributed by atoms with E-state index in [2.05, 4.69) is 278 Å². The third kappa shape index (κ3) is 6.66. The molecule has 0 N–H and O–H groups in total. The maximum absolute atomic E-state index is 7.05. The minimum atomic E-state index is -0.267. The van der Waals surface area contributed by atoms with Crippen LogP contribution in [0.1, 0.15) is 25.0 Å². The van der Waals surface area contributed by atoms with E-state index in [1.54, 1.807) is 0 Å². The zero-order chi connectivity index (χ0) is 47.9. The Hall–Kier alpha value is -9.18. The Morgan fingerprint density at radius 1 is 0.319 bits per heavy atom. The Balaban J connectivity index is 0.819. The van der Waals surface area contributed by atoms with Crippen LogP contribution in [0, 0.1) is 0 Å². The zero-order valence-electron chi connectivity index (χ0n) is 40.1. The Labute approximate surface area is 419 Å². The van der Waals surface area contributed by atoms with Crippen molar-refractivity contribution in [3.63, 3.8) is 0 Å². The van der Waals surface area contributed by atoms with Gasteiger partial charge >= 0.3 is 0 Å². The molecule has 1 aliphatic carbocycles. The second-order valence-electron chi connectivity index (χ2n) is 19.7. The SMILES string of the molecule is CC1(C)c2cc(-c3cccc4c3oc3c(-c5ccc(-n6c7ccccc7c7ccccc76)cc5)cccc34)ccc2-c2ccc(N(c3ccc(-c4ccccc4)cc3)c3ccc(-c4ccccc4)cc3)cc21. The van der Waals surface area contributed by atoms with Crippen LogP contribution in [-0.2, 0) is 5.41 Å². The van der Waals surface area contributed by atoms with Crippen LogP contribution in [-0.4, -0.2) is 4.57 Å². The molecule has 0 bridgehead atoms. The lowest BCUT2D eigenvalue weighted by molar-refractivity contribution is 0.660. The smallest absolute Gasteiger partial charge is 0.143 e. The van der Waals surface area contributed by atoms with E-state index in [4.69, 9.17) is 4.42 Å². The van der Waals surface area contributed by atoms with Crippen molar-refractivity contribution in [3.05, 3.63) is 266 Å². The summed E-state index contributed by atoms with van der Waals surface area (Å²) < 4.78 is 9.42. The monoisotopic (exact) mass is 920 g/mol. The molecule has 3 heteroatoms. The highest BCUT2D eigenvalue weighted by atomic mass is 16.3. The quantitative estimate of drug-likeness (QED) is 0.151. The second kappa shape index (κ2) is 16.5. The molecule has 0 saturated carbocycles. The molecule has 3 nitrogen and oxygen atoms in total. The number of hydrogen-bond donors (Lipinski definition) is 0. The van der Waals surface area contributed by atoms with Gasteiger partial charge in [0.1, 0.15) is 11.2 Å². The van der Waals surface area contributed by atoms with E-state index >= 15 is 0 Å². The Morgan fingerprint density at radius 2 is 0.736 bits per heavy atom. The van der Waals surface area contributed by atoms with Crippen molar-refractivity contribution in [1.82, 2.24) is 4.57 Å². The van der Waals surface area contributed by atoms with Gasteiger partial charge in [-0.05, 0) is 122 Å². The fourth-order valence-electron chi connectivity index (χ4n) is 11.6. The van der Waals surface area contributed by atoms with Gasteiger partial charge in [0.15, 0.2) is 0 Å². The predicted molar refractivity (Wildman–Crippen MR) is 302 cm³/mol. The van der Waals surface area contributed by atoms with Gasteiger partial charge in [0, 0.05) is 60.8 Å². The zero-order valence-corrected chi connectivity index (χ0v) is 40.1. The lowest BCUT2D eigenvalue weighted by atomic mass is 9.81. The molecule has 11 aromatic carbocycles. The van der Waals surface area contributed by atoms with E-state index in [1.165, 1.54) is 66.3 Å². The van der Waals surface area contributed by atoms with Crippen molar-refractivity contribution in [1.29, 1.82) is 0 Å². The van der Waals surface area contributed by atoms with Gasteiger partial charge < -0.3 is 13.9 Å². The fourth-order valence-corrected chi connectivity index (χ4v) is 11.6. The summed E-state index contributed by atoms with van der Waals surface area (Å²) >= 11 is 0. The first-order valence-electron chi connectivity index (χ1n) is 24.9. The van der Waals surface area contributed by atoms with Crippen molar-refractivity contribution in [2.24, 2.45) is 0 Å². The van der Waals surface area contributed by atoms with Crippen molar-refractivity contribution in [2.75, 3.05) is 4.90 Å². The van der Waals surface area contributed by atoms with Crippen LogP contribution in [0.25, 0.3) is 105 Å². The number of aromatic nitrogens is 1. The van der Waals surface area contributed by atoms with Gasteiger partial charge in [-0.2, -0.15) is 0 Å². The summed E-state index contributed by atoms with van der Waals surface area (Å²) in [5.74, 6) is 0. The van der Waals surface area contributed by atoms with Gasteiger partial charge in [0.25, 0.3) is 0 Å². The van der Waals surface area contributed by atoms with E-state index < -0.39 is 0 Å². The van der Waals surface area contributed by atoms with Crippen LogP contribution in [0.5, 0.6) is 0 Å². The first-order chi connectivity index (χ1) is 35.5. The first-order valence-corrected chi connectivity index (χ1v) is 24.9. The number of nitrogens with zero attached hydrogens (tertiary/aromatic N) is 2. The molecule has 0 radical (unpaired) electrons. The lowest BCUT2D eigenvalue weighted by Gasteiger charge is -2.28. The van der Waals surface area contributed by atoms with Crippen LogP contribution in [0.4, 0.5) is 17.1 Å². The molecule has 0 atom stereocenters. The number of furan rings is 1. The van der Waals surface area contributed by atoms with Gasteiger partial charge in [-0.25, -0.2) is 0 Å². The van der Waals surface area contributed by atoms with E-state index in [0.717, 1.165) is 66.9 Å². The minimum Gasteiger partial charge on any atom is -0.455 e. The van der Waals surface area contributed by atoms with E-state index in [0.29, 0.717) is 0 Å². The average Bonchev–Trinajstić information content (AvgIpc) is 4.07. The Morgan fingerprint density at radius 3 is 1.29 bits per heavy atom. The summed E-state index contributed by atoms with van der Waals surface area (Å²) in [6, 6.07) is 92.6. The summed E-state index contributed by atoms with van der Waals surface area (Å²) in [7, 11) is 0. The number of benzene rings is 11. The molecular formula is C69H48N2O. The van der Waals surface area contributed by atoms with E-state index in [9.17, 15) is 0 Å². The molecule has 14 rings (SSSR count). The molecule has 2 heterocycles. The maximum Gasteiger partial charge on any atom is 0.143 e. The van der Waals surface area contributed by atoms with Crippen LogP contribution >= 0.6 is 0 Å². The van der Waals surface area contributed by atoms with Crippen molar-refractivity contribution in [3.8, 4) is 61.3 Å². The van der Waals surface area contributed by atoms with Gasteiger partial charge in [-0.3, -0.25) is 0 Å². The minimum absolute atomic E-state index is 0.267. The third-order valence-corrected chi connectivity index (χ3v) is 15.2. The molecule has 0 unspecified atom stereocenters. The van der Waals surface area contributed by atoms with Crippen LogP contribution in [0.15, 0.2) is 259 Å². The summed E-state index contributed by atoms with van der Waals surface area (Å²) in [5.41, 5.74) is 22.9. The number of hydrogen-bond acceptors (Lipinski definition) is 2. The number of para-hydroxylation sites is 4. The highest BCUT2D eigenvalue weighted by Crippen LogP contribution is 2.52. The molecule has 1 aliphatic rings. The number of rotatable bonds is 8. The molecule has 0 aliphatic heterocycles. The van der Waals surface area contributed by atoms with Crippen molar-refractivity contribution >= 4 is 60.8 Å². The van der Waals surface area contributed by atoms with Crippen LogP contribution in [0.2, 0.25) is 0 Å². The Kier molecular flexibility index (Phi) is 9.56. The molecule has 340 valence electrons. The van der Waals surface area contributed by atoms with E-state index in [-0.39, 0.29) is 5.41 Å². The lowest BCUT2D eigenvalue weighted by Crippen LogP contribution is -2.16. The molecule has 2 aromatic heterocycles. The summed E-state index contributed by atoms with van der Waals surface area (Å²) in [6.45, 7) is 4.75. The van der Waals surface area contributed by atoms with E-state index in [1.807, 2.05) is 0 Å². The summed E-state index contributed by atoms with van der Waals surface area (Å²) in [5, 5.41) is 4.76. The topological polar surface area (TPSA) is 21.3 Å². The first kappa shape index (κ1) is 41.8. The van der Waals surface area contributed by atoms with Crippen molar-refractivity contribution < 1.29 is 4.42 Å². The second-order valence-corrected chi connectivity index (χ2v) is 19.7. The van der Waals surface area contributed by atoms with Gasteiger partial charge in [0.2, 0.25) is 0 Å². The molecule has 0 spiro atoms. The van der Waals surface area contributed by atoms with Crippen molar-refractivity contribution in [2.45, 2.75) is 19.3 Å². The summed E-state index contributed by atoms with van der Waals surface area (Å²) in [4.78, 5) is 2.39. The average molecular weight is 921 g/mol. The van der Waals surface area contributed by atoms with Crippen LogP contribution < -0.4 is 4.90 Å². The third-order valence-electron chi connectivity index (χ3n) is 15.2. The number of anilines is 3. The highest BCUT2D eigenvalue weighted by molar-refractivity contribution is 6.13. The molecule has 0 fully saturated rings. The molecule has 0 amide bonds. The van der Waals surface area contributed by atoms with Gasteiger partial charge in [-0.1, -0.05) is 202 Å². The predicted octanol–water partition coefficient (Wildman–Crippen LogP) is 19.1. The van der Waals surface area contributed by atoms with Gasteiger partial charge in [-0.15, -0.1) is 0 Å². The highest BCUT2D eigenvalue weighted by Gasteiger charge is 2.36. The van der Waals surface area contributed by atoms with Crippen LogP contribution in [0.3, 0.4) is 0 Å². The summed E-state index contributed by atoms with van der Waals surface area (Å²) in [6.07, 6.45) is 0. The fraction of sp³-hybridized carbons (Fsp3) is 0.0435. The molecule has 72 heavy (non-hydrogen) atoms. The molecule has 0 saturated heterocycles. The molecular weight excluding hydrogens is 873 g/mol. The standard InChI is InChI=1S/C69H48N2O/c1-69(2)63-43-50(56-22-14-24-62-61-23-13-21-55(67(61)72-68(56)62)49-31-38-53(39-32-49)71-65-25-11-9-19-59(65)60-20-10-12-26-66(60)71)33-41-57(63)58-42-40-54(44-64(58)69)70(51-34-27-47(28-35-51)45-15-5-3-6-16-45)52-36-29-48(30-37-52)46-17-7-4-8-18-46/h3-44H,1-2H3. The normalized spacial score (nSPS) is 12.7. The molecule has 13 aromatic rings. The maximum atomic E-state index is 7.05.